The van der Waals surface area contributed by atoms with Gasteiger partial charge in [0.2, 0.25) is 0 Å². The van der Waals surface area contributed by atoms with Crippen LogP contribution in [0.4, 0.5) is 17.1 Å². The summed E-state index contributed by atoms with van der Waals surface area (Å²) in [4.78, 5) is 2.33. The lowest BCUT2D eigenvalue weighted by atomic mass is 9.94. The molecule has 2 nitrogen and oxygen atoms in total. The third-order valence-corrected chi connectivity index (χ3v) is 8.27. The van der Waals surface area contributed by atoms with Crippen LogP contribution in [0.2, 0.25) is 0 Å². The number of benzene rings is 7. The fourth-order valence-corrected chi connectivity index (χ4v) is 6.26. The molecule has 0 saturated heterocycles. The predicted octanol–water partition coefficient (Wildman–Crippen LogP) is 12.1. The molecule has 0 amide bonds. The number of rotatable bonds is 6. The van der Waals surface area contributed by atoms with E-state index in [2.05, 4.69) is 175 Å². The van der Waals surface area contributed by atoms with Gasteiger partial charge in [-0.05, 0) is 64.5 Å². The molecule has 2 heteroatoms. The third kappa shape index (κ3) is 4.54. The number of nitrogens with zero attached hydrogens (tertiary/aromatic N) is 1. The molecule has 0 aliphatic rings. The SMILES string of the molecule is c1ccc(-c2oc3cc(-c4ccc(N(c5ccccc5)c5ccccc5)c5ccccc45)ccc3c2-c2ccccc2)cc1. The number of furan rings is 1. The average Bonchev–Trinajstić information content (AvgIpc) is 3.49. The van der Waals surface area contributed by atoms with Crippen LogP contribution in [0.3, 0.4) is 0 Å². The second kappa shape index (κ2) is 11.1. The summed E-state index contributed by atoms with van der Waals surface area (Å²) in [6.07, 6.45) is 0. The second-order valence-electron chi connectivity index (χ2n) is 10.9. The Kier molecular flexibility index (Phi) is 6.51. The molecule has 8 aromatic rings. The van der Waals surface area contributed by atoms with Crippen LogP contribution in [0.15, 0.2) is 180 Å². The fraction of sp³-hybridized carbons (Fsp3) is 0. The van der Waals surface area contributed by atoms with E-state index in [1.54, 1.807) is 0 Å². The highest BCUT2D eigenvalue weighted by Crippen LogP contribution is 2.45. The number of hydrogen-bond acceptors (Lipinski definition) is 2. The van der Waals surface area contributed by atoms with Crippen molar-refractivity contribution in [1.82, 2.24) is 0 Å². The molecule has 0 unspecified atom stereocenters. The highest BCUT2D eigenvalue weighted by Gasteiger charge is 2.20. The Morgan fingerprint density at radius 3 is 1.57 bits per heavy atom. The zero-order valence-electron chi connectivity index (χ0n) is 24.1. The number of para-hydroxylation sites is 2. The van der Waals surface area contributed by atoms with Crippen molar-refractivity contribution in [2.75, 3.05) is 4.90 Å². The maximum Gasteiger partial charge on any atom is 0.143 e. The van der Waals surface area contributed by atoms with Crippen molar-refractivity contribution in [3.63, 3.8) is 0 Å². The van der Waals surface area contributed by atoms with E-state index >= 15 is 0 Å². The largest absolute Gasteiger partial charge is 0.455 e. The van der Waals surface area contributed by atoms with Crippen molar-refractivity contribution in [1.29, 1.82) is 0 Å². The van der Waals surface area contributed by atoms with Crippen LogP contribution >= 0.6 is 0 Å². The van der Waals surface area contributed by atoms with Gasteiger partial charge in [-0.3, -0.25) is 0 Å². The summed E-state index contributed by atoms with van der Waals surface area (Å²) >= 11 is 0. The molecule has 0 spiro atoms. The Labute approximate surface area is 257 Å². The summed E-state index contributed by atoms with van der Waals surface area (Å²) in [6, 6.07) is 61.9. The molecule has 8 rings (SSSR count). The minimum absolute atomic E-state index is 0.878. The highest BCUT2D eigenvalue weighted by molar-refractivity contribution is 6.08. The normalized spacial score (nSPS) is 11.2. The van der Waals surface area contributed by atoms with Gasteiger partial charge in [-0.2, -0.15) is 0 Å². The van der Waals surface area contributed by atoms with E-state index in [1.165, 1.54) is 16.3 Å². The van der Waals surface area contributed by atoms with E-state index in [-0.39, 0.29) is 0 Å². The zero-order chi connectivity index (χ0) is 29.3. The summed E-state index contributed by atoms with van der Waals surface area (Å²) < 4.78 is 6.68. The molecule has 0 atom stereocenters. The van der Waals surface area contributed by atoms with Crippen LogP contribution in [0.5, 0.6) is 0 Å². The van der Waals surface area contributed by atoms with Gasteiger partial charge in [-0.25, -0.2) is 0 Å². The monoisotopic (exact) mass is 563 g/mol. The lowest BCUT2D eigenvalue weighted by Gasteiger charge is -2.27. The average molecular weight is 564 g/mol. The van der Waals surface area contributed by atoms with E-state index in [9.17, 15) is 0 Å². The lowest BCUT2D eigenvalue weighted by Crippen LogP contribution is -2.10. The van der Waals surface area contributed by atoms with Gasteiger partial charge in [0.1, 0.15) is 11.3 Å². The summed E-state index contributed by atoms with van der Waals surface area (Å²) in [6.45, 7) is 0. The Balaban J connectivity index is 1.31. The Bertz CT molecular complexity index is 2160. The molecular formula is C42H29NO. The topological polar surface area (TPSA) is 16.4 Å². The zero-order valence-corrected chi connectivity index (χ0v) is 24.1. The predicted molar refractivity (Wildman–Crippen MR) is 185 cm³/mol. The molecule has 0 aliphatic carbocycles. The van der Waals surface area contributed by atoms with Gasteiger partial charge in [0, 0.05) is 33.3 Å². The second-order valence-corrected chi connectivity index (χ2v) is 10.9. The maximum absolute atomic E-state index is 6.68. The Hall–Kier alpha value is -5.86. The molecule has 1 aromatic heterocycles. The molecule has 0 fully saturated rings. The minimum atomic E-state index is 0.878. The first-order valence-electron chi connectivity index (χ1n) is 14.9. The first kappa shape index (κ1) is 25.8. The van der Waals surface area contributed by atoms with Crippen LogP contribution in [-0.4, -0.2) is 0 Å². The van der Waals surface area contributed by atoms with Crippen LogP contribution in [-0.2, 0) is 0 Å². The molecule has 7 aromatic carbocycles. The van der Waals surface area contributed by atoms with E-state index in [1.807, 2.05) is 6.07 Å². The van der Waals surface area contributed by atoms with Crippen molar-refractivity contribution >= 4 is 38.8 Å². The van der Waals surface area contributed by atoms with Crippen molar-refractivity contribution in [2.24, 2.45) is 0 Å². The van der Waals surface area contributed by atoms with Gasteiger partial charge in [0.25, 0.3) is 0 Å². The number of fused-ring (bicyclic) bond motifs is 2. The molecule has 0 radical (unpaired) electrons. The van der Waals surface area contributed by atoms with Gasteiger partial charge in [0.05, 0.1) is 5.69 Å². The van der Waals surface area contributed by atoms with Crippen molar-refractivity contribution < 1.29 is 4.42 Å². The standard InChI is InChI=1S/C42H29NO/c1-5-15-30(16-6-1)41-38-26-25-32(29-40(38)44-42(41)31-17-7-2-8-18-31)35-27-28-39(37-24-14-13-23-36(35)37)43(33-19-9-3-10-20-33)34-21-11-4-12-22-34/h1-29H. The van der Waals surface area contributed by atoms with Crippen molar-refractivity contribution in [3.8, 4) is 33.6 Å². The van der Waals surface area contributed by atoms with Gasteiger partial charge in [-0.1, -0.05) is 133 Å². The van der Waals surface area contributed by atoms with E-state index in [0.717, 1.165) is 56.0 Å². The Morgan fingerprint density at radius 2 is 0.932 bits per heavy atom. The van der Waals surface area contributed by atoms with Gasteiger partial charge in [-0.15, -0.1) is 0 Å². The first-order valence-corrected chi connectivity index (χ1v) is 14.9. The molecule has 0 aliphatic heterocycles. The molecule has 1 heterocycles. The molecule has 0 bridgehead atoms. The molecule has 44 heavy (non-hydrogen) atoms. The number of anilines is 3. The third-order valence-electron chi connectivity index (χ3n) is 8.27. The summed E-state index contributed by atoms with van der Waals surface area (Å²) in [7, 11) is 0. The smallest absolute Gasteiger partial charge is 0.143 e. The lowest BCUT2D eigenvalue weighted by molar-refractivity contribution is 0.632. The highest BCUT2D eigenvalue weighted by atomic mass is 16.3. The van der Waals surface area contributed by atoms with Crippen molar-refractivity contribution in [2.45, 2.75) is 0 Å². The van der Waals surface area contributed by atoms with E-state index in [4.69, 9.17) is 4.42 Å². The van der Waals surface area contributed by atoms with Gasteiger partial charge in [0.15, 0.2) is 0 Å². The van der Waals surface area contributed by atoms with Gasteiger partial charge >= 0.3 is 0 Å². The van der Waals surface area contributed by atoms with Crippen LogP contribution in [0.1, 0.15) is 0 Å². The first-order chi connectivity index (χ1) is 21.8. The minimum Gasteiger partial charge on any atom is -0.455 e. The molecular weight excluding hydrogens is 534 g/mol. The fourth-order valence-electron chi connectivity index (χ4n) is 6.26. The van der Waals surface area contributed by atoms with Crippen LogP contribution in [0.25, 0.3) is 55.3 Å². The molecule has 0 saturated carbocycles. The Morgan fingerprint density at radius 1 is 0.386 bits per heavy atom. The van der Waals surface area contributed by atoms with E-state index < -0.39 is 0 Å². The summed E-state index contributed by atoms with van der Waals surface area (Å²) in [5, 5.41) is 3.49. The maximum atomic E-state index is 6.68. The molecule has 0 N–H and O–H groups in total. The summed E-state index contributed by atoms with van der Waals surface area (Å²) in [5.74, 6) is 0.894. The van der Waals surface area contributed by atoms with Gasteiger partial charge < -0.3 is 9.32 Å². The van der Waals surface area contributed by atoms with Crippen molar-refractivity contribution in [3.05, 3.63) is 176 Å². The quantitative estimate of drug-likeness (QED) is 0.200. The van der Waals surface area contributed by atoms with Crippen LogP contribution < -0.4 is 4.90 Å². The summed E-state index contributed by atoms with van der Waals surface area (Å²) in [5.41, 5.74) is 9.90. The molecule has 208 valence electrons. The van der Waals surface area contributed by atoms with E-state index in [0.29, 0.717) is 0 Å². The number of hydrogen-bond donors (Lipinski definition) is 0. The van der Waals surface area contributed by atoms with Crippen LogP contribution in [0, 0.1) is 0 Å².